The zero-order chi connectivity index (χ0) is 29.6. The van der Waals surface area contributed by atoms with Crippen molar-refractivity contribution in [2.45, 2.75) is 39.9 Å². The Hall–Kier alpha value is -4.94. The van der Waals surface area contributed by atoms with E-state index < -0.39 is 18.2 Å². The van der Waals surface area contributed by atoms with Gasteiger partial charge in [-0.25, -0.2) is 19.6 Å². The Balaban J connectivity index is 0.000000559. The molecule has 0 atom stereocenters. The normalized spacial score (nSPS) is 11.0. The maximum atomic E-state index is 12.5. The minimum Gasteiger partial charge on any atom is -0.475 e. The van der Waals surface area contributed by atoms with Crippen LogP contribution in [0, 0.1) is 13.8 Å². The minimum atomic E-state index is -5.08. The molecule has 0 aliphatic carbocycles. The second kappa shape index (κ2) is 12.3. The molecule has 13 heteroatoms. The van der Waals surface area contributed by atoms with Gasteiger partial charge in [-0.05, 0) is 63.6 Å². The molecule has 3 amide bonds. The average Bonchev–Trinajstić information content (AvgIpc) is 3.17. The Kier molecular flexibility index (Phi) is 9.09. The average molecular weight is 557 g/mol. The number of carboxylic acid groups (broad SMARTS) is 1. The van der Waals surface area contributed by atoms with Crippen LogP contribution >= 0.6 is 0 Å². The topological polar surface area (TPSA) is 149 Å². The number of nitrogens with zero attached hydrogens (tertiary/aromatic N) is 2. The summed E-state index contributed by atoms with van der Waals surface area (Å²) < 4.78 is 31.7. The summed E-state index contributed by atoms with van der Waals surface area (Å²) >= 11 is 0. The van der Waals surface area contributed by atoms with Crippen molar-refractivity contribution in [1.82, 2.24) is 20.3 Å². The number of alkyl halides is 3. The molecular formula is C27H27F3N6O4. The molecule has 0 saturated carbocycles. The summed E-state index contributed by atoms with van der Waals surface area (Å²) in [6.07, 6.45) is -3.54. The fraction of sp³-hybridized carbons (Fsp3) is 0.222. The predicted octanol–water partition coefficient (Wildman–Crippen LogP) is 5.66. The van der Waals surface area contributed by atoms with E-state index in [0.717, 1.165) is 33.5 Å². The van der Waals surface area contributed by atoms with Gasteiger partial charge in [0.15, 0.2) is 0 Å². The number of carbonyl (C=O) groups excluding carboxylic acids is 2. The Morgan fingerprint density at radius 3 is 2.17 bits per heavy atom. The smallest absolute Gasteiger partial charge is 0.475 e. The lowest BCUT2D eigenvalue weighted by Gasteiger charge is -2.11. The number of aliphatic carboxylic acids is 1. The van der Waals surface area contributed by atoms with E-state index in [1.54, 1.807) is 30.6 Å². The Bertz CT molecular complexity index is 1530. The lowest BCUT2D eigenvalue weighted by Crippen LogP contribution is -2.30. The van der Waals surface area contributed by atoms with Gasteiger partial charge in [0.1, 0.15) is 12.0 Å². The zero-order valence-corrected chi connectivity index (χ0v) is 22.0. The first-order chi connectivity index (χ1) is 18.8. The van der Waals surface area contributed by atoms with Gasteiger partial charge in [-0.1, -0.05) is 18.2 Å². The zero-order valence-electron chi connectivity index (χ0n) is 22.0. The first-order valence-electron chi connectivity index (χ1n) is 12.0. The Labute approximate surface area is 227 Å². The molecule has 4 aromatic rings. The third-order valence-electron chi connectivity index (χ3n) is 5.55. The van der Waals surface area contributed by atoms with Crippen molar-refractivity contribution in [1.29, 1.82) is 0 Å². The van der Waals surface area contributed by atoms with E-state index >= 15 is 0 Å². The maximum absolute atomic E-state index is 12.5. The van der Waals surface area contributed by atoms with Gasteiger partial charge in [0.25, 0.3) is 5.91 Å². The number of halogens is 3. The summed E-state index contributed by atoms with van der Waals surface area (Å²) in [5, 5.41) is 16.5. The van der Waals surface area contributed by atoms with Gasteiger partial charge in [-0.3, -0.25) is 4.79 Å². The van der Waals surface area contributed by atoms with Crippen molar-refractivity contribution in [3.05, 3.63) is 71.7 Å². The van der Waals surface area contributed by atoms with Crippen LogP contribution in [0.4, 0.5) is 29.3 Å². The van der Waals surface area contributed by atoms with Crippen LogP contribution in [0.3, 0.4) is 0 Å². The van der Waals surface area contributed by atoms with Gasteiger partial charge in [-0.2, -0.15) is 13.2 Å². The fourth-order valence-corrected chi connectivity index (χ4v) is 3.60. The highest BCUT2D eigenvalue weighted by molar-refractivity contribution is 6.02. The quantitative estimate of drug-likeness (QED) is 0.214. The number of hydrogen-bond donors (Lipinski definition) is 5. The van der Waals surface area contributed by atoms with Crippen LogP contribution in [0.2, 0.25) is 0 Å². The molecule has 0 spiro atoms. The number of nitrogens with one attached hydrogen (secondary N) is 4. The van der Waals surface area contributed by atoms with Crippen molar-refractivity contribution < 1.29 is 32.7 Å². The molecule has 0 radical (unpaired) electrons. The third kappa shape index (κ3) is 7.56. The molecule has 0 unspecified atom stereocenters. The molecule has 0 aliphatic rings. The third-order valence-corrected chi connectivity index (χ3v) is 5.55. The first kappa shape index (κ1) is 29.6. The van der Waals surface area contributed by atoms with Gasteiger partial charge in [0.05, 0.1) is 5.69 Å². The van der Waals surface area contributed by atoms with Gasteiger partial charge in [0.2, 0.25) is 0 Å². The number of anilines is 2. The van der Waals surface area contributed by atoms with E-state index in [1.165, 1.54) is 0 Å². The number of amides is 3. The summed E-state index contributed by atoms with van der Waals surface area (Å²) in [7, 11) is 0. The summed E-state index contributed by atoms with van der Waals surface area (Å²) in [5.74, 6) is -2.94. The van der Waals surface area contributed by atoms with E-state index in [9.17, 15) is 22.8 Å². The predicted molar refractivity (Wildman–Crippen MR) is 144 cm³/mol. The number of aromatic amines is 1. The van der Waals surface area contributed by atoms with Crippen molar-refractivity contribution in [2.75, 3.05) is 10.6 Å². The van der Waals surface area contributed by atoms with Crippen molar-refractivity contribution in [3.8, 4) is 11.3 Å². The van der Waals surface area contributed by atoms with Crippen molar-refractivity contribution in [3.63, 3.8) is 0 Å². The van der Waals surface area contributed by atoms with Crippen LogP contribution in [0.15, 0.2) is 54.9 Å². The van der Waals surface area contributed by atoms with Crippen molar-refractivity contribution in [2.24, 2.45) is 0 Å². The lowest BCUT2D eigenvalue weighted by atomic mass is 10.1. The minimum absolute atomic E-state index is 0.0315. The van der Waals surface area contributed by atoms with E-state index in [-0.39, 0.29) is 11.9 Å². The van der Waals surface area contributed by atoms with E-state index in [2.05, 4.69) is 30.9 Å². The van der Waals surface area contributed by atoms with Crippen LogP contribution in [0.25, 0.3) is 22.3 Å². The molecule has 10 nitrogen and oxygen atoms in total. The van der Waals surface area contributed by atoms with Crippen LogP contribution in [-0.4, -0.2) is 50.2 Å². The van der Waals surface area contributed by atoms with E-state index in [1.807, 2.05) is 52.0 Å². The highest BCUT2D eigenvalue weighted by Crippen LogP contribution is 2.30. The number of carboxylic acids is 1. The lowest BCUT2D eigenvalue weighted by molar-refractivity contribution is -0.192. The summed E-state index contributed by atoms with van der Waals surface area (Å²) in [6, 6.07) is 13.9. The molecule has 0 saturated heterocycles. The SMILES string of the molecule is Cc1[nH]c2ncnc(-c3ccc(NC(=O)Nc4cccc(C(=O)NC(C)C)c4)cc3)c2c1C.O=C(O)C(F)(F)F. The number of hydrogen-bond acceptors (Lipinski definition) is 5. The summed E-state index contributed by atoms with van der Waals surface area (Å²) in [6.45, 7) is 7.85. The largest absolute Gasteiger partial charge is 0.490 e. The number of fused-ring (bicyclic) bond motifs is 1. The molecule has 2 aromatic heterocycles. The monoisotopic (exact) mass is 556 g/mol. The number of aryl methyl sites for hydroxylation is 2. The second-order valence-corrected chi connectivity index (χ2v) is 8.99. The standard InChI is InChI=1S/C25H26N6O2.C2HF3O2/c1-14(2)28-24(32)18-6-5-7-20(12-18)31-25(33)30-19-10-8-17(9-11-19)22-21-15(3)16(4)29-23(21)27-13-26-22;3-2(4,5)1(6)7/h5-14H,1-4H3,(H,28,32)(H,26,27,29)(H2,30,31,33);(H,6,7). The highest BCUT2D eigenvalue weighted by atomic mass is 19.4. The number of H-pyrrole nitrogens is 1. The molecule has 5 N–H and O–H groups in total. The number of benzene rings is 2. The molecule has 4 rings (SSSR count). The van der Waals surface area contributed by atoms with Gasteiger partial charge in [0, 0.05) is 39.6 Å². The summed E-state index contributed by atoms with van der Waals surface area (Å²) in [5.41, 5.74) is 6.41. The van der Waals surface area contributed by atoms with Crippen LogP contribution in [-0.2, 0) is 4.79 Å². The summed E-state index contributed by atoms with van der Waals surface area (Å²) in [4.78, 5) is 45.6. The number of aromatic nitrogens is 3. The molecule has 0 bridgehead atoms. The van der Waals surface area contributed by atoms with Crippen molar-refractivity contribution >= 4 is 40.3 Å². The highest BCUT2D eigenvalue weighted by Gasteiger charge is 2.38. The van der Waals surface area contributed by atoms with Gasteiger partial charge < -0.3 is 26.0 Å². The second-order valence-electron chi connectivity index (χ2n) is 8.99. The fourth-order valence-electron chi connectivity index (χ4n) is 3.60. The van der Waals surface area contributed by atoms with E-state index in [4.69, 9.17) is 9.90 Å². The number of rotatable bonds is 5. The van der Waals surface area contributed by atoms with Crippen LogP contribution in [0.5, 0.6) is 0 Å². The van der Waals surface area contributed by atoms with Crippen LogP contribution in [0.1, 0.15) is 35.5 Å². The number of urea groups is 1. The maximum Gasteiger partial charge on any atom is 0.490 e. The molecule has 2 aromatic carbocycles. The molecule has 40 heavy (non-hydrogen) atoms. The van der Waals surface area contributed by atoms with E-state index in [0.29, 0.717) is 16.9 Å². The van der Waals surface area contributed by atoms with Crippen LogP contribution < -0.4 is 16.0 Å². The molecule has 0 fully saturated rings. The Morgan fingerprint density at radius 1 is 0.950 bits per heavy atom. The first-order valence-corrected chi connectivity index (χ1v) is 12.0. The van der Waals surface area contributed by atoms with Gasteiger partial charge in [-0.15, -0.1) is 0 Å². The molecular weight excluding hydrogens is 529 g/mol. The number of carbonyl (C=O) groups is 3. The molecule has 2 heterocycles. The molecule has 210 valence electrons. The molecule has 0 aliphatic heterocycles. The Morgan fingerprint density at radius 2 is 1.57 bits per heavy atom. The van der Waals surface area contributed by atoms with Gasteiger partial charge >= 0.3 is 18.2 Å².